The van der Waals surface area contributed by atoms with Gasteiger partial charge in [0.1, 0.15) is 5.56 Å². The molecule has 0 radical (unpaired) electrons. The van der Waals surface area contributed by atoms with Crippen LogP contribution in [-0.2, 0) is 0 Å². The molecule has 2 heterocycles. The van der Waals surface area contributed by atoms with Gasteiger partial charge in [-0.05, 0) is 35.9 Å². The lowest BCUT2D eigenvalue weighted by atomic mass is 10.0. The molecule has 0 saturated carbocycles. The molecule has 1 atom stereocenters. The second-order valence-corrected chi connectivity index (χ2v) is 7.09. The zero-order chi connectivity index (χ0) is 21.8. The second-order valence-electron chi connectivity index (χ2n) is 6.68. The number of benzene rings is 2. The first kappa shape index (κ1) is 20.3. The number of rotatable bonds is 5. The van der Waals surface area contributed by atoms with Crippen molar-refractivity contribution < 1.29 is 14.7 Å². The minimum Gasteiger partial charge on any atom is -0.478 e. The SMILES string of the molecule is O=C(Nc1cc(Cl)c2cccnc2c1C(=O)O)NC(c1ccccc1)c1ccccn1. The number of anilines is 1. The predicted octanol–water partition coefficient (Wildman–Crippen LogP) is 4.89. The number of amides is 2. The number of nitrogens with one attached hydrogen (secondary N) is 2. The molecule has 4 aromatic rings. The lowest BCUT2D eigenvalue weighted by Crippen LogP contribution is -2.34. The summed E-state index contributed by atoms with van der Waals surface area (Å²) in [6.45, 7) is 0. The number of carbonyl (C=O) groups is 2. The third-order valence-corrected chi connectivity index (χ3v) is 5.01. The molecule has 0 spiro atoms. The average molecular weight is 433 g/mol. The number of fused-ring (bicyclic) bond motifs is 1. The number of hydrogen-bond acceptors (Lipinski definition) is 4. The van der Waals surface area contributed by atoms with E-state index >= 15 is 0 Å². The minimum absolute atomic E-state index is 0.0500. The van der Waals surface area contributed by atoms with Gasteiger partial charge in [-0.3, -0.25) is 9.97 Å². The van der Waals surface area contributed by atoms with Gasteiger partial charge in [0, 0.05) is 17.8 Å². The van der Waals surface area contributed by atoms with Crippen molar-refractivity contribution in [1.82, 2.24) is 15.3 Å². The first-order chi connectivity index (χ1) is 15.0. The van der Waals surface area contributed by atoms with E-state index in [9.17, 15) is 14.7 Å². The maximum atomic E-state index is 12.9. The van der Waals surface area contributed by atoms with E-state index in [1.807, 2.05) is 36.4 Å². The standard InChI is InChI=1S/C23H17ClN4O3/c24-16-13-18(19(22(29)30)21-15(16)9-6-12-26-21)27-23(31)28-20(14-7-2-1-3-8-14)17-10-4-5-11-25-17/h1-13,20H,(H,29,30)(H2,27,28,31). The van der Waals surface area contributed by atoms with Crippen LogP contribution < -0.4 is 10.6 Å². The van der Waals surface area contributed by atoms with E-state index in [0.29, 0.717) is 11.1 Å². The Bertz CT molecular complexity index is 1210. The summed E-state index contributed by atoms with van der Waals surface area (Å²) < 4.78 is 0. The Morgan fingerprint density at radius 1 is 0.935 bits per heavy atom. The van der Waals surface area contributed by atoms with Crippen LogP contribution in [0.25, 0.3) is 10.9 Å². The average Bonchev–Trinajstić information content (AvgIpc) is 2.78. The third-order valence-electron chi connectivity index (χ3n) is 4.70. The molecule has 0 saturated heterocycles. The molecule has 3 N–H and O–H groups in total. The molecular weight excluding hydrogens is 416 g/mol. The van der Waals surface area contributed by atoms with Crippen molar-refractivity contribution in [2.45, 2.75) is 6.04 Å². The lowest BCUT2D eigenvalue weighted by Gasteiger charge is -2.20. The smallest absolute Gasteiger partial charge is 0.340 e. The number of aromatic carboxylic acids is 1. The Kier molecular flexibility index (Phi) is 5.77. The van der Waals surface area contributed by atoms with Gasteiger partial charge in [-0.15, -0.1) is 0 Å². The van der Waals surface area contributed by atoms with E-state index in [4.69, 9.17) is 11.6 Å². The summed E-state index contributed by atoms with van der Waals surface area (Å²) in [4.78, 5) is 33.3. The van der Waals surface area contributed by atoms with Crippen LogP contribution in [0.3, 0.4) is 0 Å². The highest BCUT2D eigenvalue weighted by Gasteiger charge is 2.22. The largest absolute Gasteiger partial charge is 0.478 e. The molecule has 154 valence electrons. The van der Waals surface area contributed by atoms with Gasteiger partial charge in [0.2, 0.25) is 0 Å². The van der Waals surface area contributed by atoms with E-state index in [-0.39, 0.29) is 21.8 Å². The van der Waals surface area contributed by atoms with Crippen LogP contribution in [0, 0.1) is 0 Å². The van der Waals surface area contributed by atoms with Crippen LogP contribution in [0.1, 0.15) is 27.7 Å². The zero-order valence-corrected chi connectivity index (χ0v) is 16.9. The number of carboxylic acid groups (broad SMARTS) is 1. The van der Waals surface area contributed by atoms with Crippen LogP contribution in [-0.4, -0.2) is 27.1 Å². The van der Waals surface area contributed by atoms with Crippen molar-refractivity contribution in [3.8, 4) is 0 Å². The summed E-state index contributed by atoms with van der Waals surface area (Å²) in [5.74, 6) is -1.22. The number of pyridine rings is 2. The Morgan fingerprint density at radius 3 is 2.39 bits per heavy atom. The molecule has 0 aliphatic rings. The molecule has 8 heteroatoms. The fourth-order valence-electron chi connectivity index (χ4n) is 3.33. The molecule has 0 fully saturated rings. The topological polar surface area (TPSA) is 104 Å². The Labute approximate surface area is 182 Å². The molecule has 2 aromatic heterocycles. The monoisotopic (exact) mass is 432 g/mol. The maximum Gasteiger partial charge on any atom is 0.340 e. The number of carboxylic acids is 1. The summed E-state index contributed by atoms with van der Waals surface area (Å²) in [7, 11) is 0. The predicted molar refractivity (Wildman–Crippen MR) is 118 cm³/mol. The van der Waals surface area contributed by atoms with Gasteiger partial charge in [0.25, 0.3) is 0 Å². The molecule has 0 bridgehead atoms. The first-order valence-electron chi connectivity index (χ1n) is 9.38. The van der Waals surface area contributed by atoms with Crippen LogP contribution in [0.15, 0.2) is 79.1 Å². The molecule has 0 aliphatic carbocycles. The highest BCUT2D eigenvalue weighted by atomic mass is 35.5. The number of hydrogen-bond donors (Lipinski definition) is 3. The van der Waals surface area contributed by atoms with Crippen molar-refractivity contribution in [3.05, 3.63) is 101 Å². The van der Waals surface area contributed by atoms with Crippen molar-refractivity contribution in [2.75, 3.05) is 5.32 Å². The van der Waals surface area contributed by atoms with E-state index in [2.05, 4.69) is 20.6 Å². The van der Waals surface area contributed by atoms with Crippen molar-refractivity contribution in [2.24, 2.45) is 0 Å². The van der Waals surface area contributed by atoms with E-state index < -0.39 is 18.0 Å². The highest BCUT2D eigenvalue weighted by Crippen LogP contribution is 2.31. The van der Waals surface area contributed by atoms with E-state index in [1.165, 1.54) is 12.3 Å². The number of carbonyl (C=O) groups excluding carboxylic acids is 1. The van der Waals surface area contributed by atoms with Gasteiger partial charge >= 0.3 is 12.0 Å². The van der Waals surface area contributed by atoms with Gasteiger partial charge in [-0.25, -0.2) is 9.59 Å². The van der Waals surface area contributed by atoms with Gasteiger partial charge in [-0.2, -0.15) is 0 Å². The maximum absolute atomic E-state index is 12.9. The number of nitrogens with zero attached hydrogens (tertiary/aromatic N) is 2. The zero-order valence-electron chi connectivity index (χ0n) is 16.1. The molecule has 2 amide bonds. The van der Waals surface area contributed by atoms with Gasteiger partial charge < -0.3 is 15.7 Å². The minimum atomic E-state index is -1.22. The van der Waals surface area contributed by atoms with Gasteiger partial charge in [0.05, 0.1) is 28.0 Å². The fourth-order valence-corrected chi connectivity index (χ4v) is 3.59. The molecule has 4 rings (SSSR count). The lowest BCUT2D eigenvalue weighted by molar-refractivity contribution is 0.0700. The van der Waals surface area contributed by atoms with Crippen LogP contribution >= 0.6 is 11.6 Å². The molecule has 1 unspecified atom stereocenters. The summed E-state index contributed by atoms with van der Waals surface area (Å²) >= 11 is 6.31. The van der Waals surface area contributed by atoms with Crippen molar-refractivity contribution >= 4 is 40.2 Å². The number of urea groups is 1. The van der Waals surface area contributed by atoms with Crippen LogP contribution in [0.5, 0.6) is 0 Å². The van der Waals surface area contributed by atoms with Crippen molar-refractivity contribution in [3.63, 3.8) is 0 Å². The van der Waals surface area contributed by atoms with Gasteiger partial charge in [-0.1, -0.05) is 48.0 Å². The second kappa shape index (κ2) is 8.81. The van der Waals surface area contributed by atoms with E-state index in [0.717, 1.165) is 5.56 Å². The first-order valence-corrected chi connectivity index (χ1v) is 9.76. The summed E-state index contributed by atoms with van der Waals surface area (Å²) in [6.07, 6.45) is 3.11. The quantitative estimate of drug-likeness (QED) is 0.416. The third kappa shape index (κ3) is 4.31. The molecule has 0 aliphatic heterocycles. The Morgan fingerprint density at radius 2 is 1.68 bits per heavy atom. The molecule has 31 heavy (non-hydrogen) atoms. The number of halogens is 1. The summed E-state index contributed by atoms with van der Waals surface area (Å²) in [5.41, 5.74) is 1.58. The summed E-state index contributed by atoms with van der Waals surface area (Å²) in [5, 5.41) is 16.0. The molecule has 2 aromatic carbocycles. The fraction of sp³-hybridized carbons (Fsp3) is 0.0435. The van der Waals surface area contributed by atoms with Crippen molar-refractivity contribution in [1.29, 1.82) is 0 Å². The van der Waals surface area contributed by atoms with Gasteiger partial charge in [0.15, 0.2) is 0 Å². The Balaban J connectivity index is 1.68. The normalized spacial score (nSPS) is 11.6. The van der Waals surface area contributed by atoms with Crippen LogP contribution in [0.4, 0.5) is 10.5 Å². The summed E-state index contributed by atoms with van der Waals surface area (Å²) in [6, 6.07) is 18.4. The molecule has 7 nitrogen and oxygen atoms in total. The van der Waals surface area contributed by atoms with E-state index in [1.54, 1.807) is 30.5 Å². The highest BCUT2D eigenvalue weighted by molar-refractivity contribution is 6.36. The number of aromatic nitrogens is 2. The Hall–Kier alpha value is -3.97. The molecular formula is C23H17ClN4O3. The van der Waals surface area contributed by atoms with Crippen LogP contribution in [0.2, 0.25) is 5.02 Å².